The van der Waals surface area contributed by atoms with Crippen molar-refractivity contribution < 1.29 is 19.4 Å². The van der Waals surface area contributed by atoms with Gasteiger partial charge in [0.25, 0.3) is 5.91 Å². The van der Waals surface area contributed by atoms with Crippen molar-refractivity contribution in [3.63, 3.8) is 0 Å². The largest absolute Gasteiger partial charge is 0.491 e. The molecule has 0 radical (unpaired) electrons. The number of rotatable bonds is 3. The Bertz CT molecular complexity index is 1100. The number of carbonyl (C=O) groups is 2. The van der Waals surface area contributed by atoms with E-state index in [0.717, 1.165) is 51.6 Å². The van der Waals surface area contributed by atoms with Gasteiger partial charge in [0.05, 0.1) is 18.7 Å². The molecule has 4 aliphatic rings. The highest BCUT2D eigenvalue weighted by Gasteiger charge is 2.36. The number of carbonyl (C=O) groups excluding carboxylic acids is 2. The van der Waals surface area contributed by atoms with Crippen LogP contribution in [0.4, 0.5) is 0 Å². The van der Waals surface area contributed by atoms with Crippen LogP contribution >= 0.6 is 0 Å². The molecule has 7 nitrogen and oxygen atoms in total. The van der Waals surface area contributed by atoms with Gasteiger partial charge in [0.15, 0.2) is 0 Å². The lowest BCUT2D eigenvalue weighted by atomic mass is 9.75. The molecule has 198 valence electrons. The van der Waals surface area contributed by atoms with Gasteiger partial charge < -0.3 is 19.6 Å². The zero-order valence-corrected chi connectivity index (χ0v) is 21.7. The SMILES string of the molecule is O=C(CN1CCc2ccccc2C1)N1CCCCC2(CO)CCN(CC2)C(=O)c2ccccc2OCC1. The Labute approximate surface area is 220 Å². The highest BCUT2D eigenvalue weighted by molar-refractivity contribution is 5.97. The molecule has 0 unspecified atom stereocenters. The molecule has 7 heteroatoms. The molecule has 0 saturated carbocycles. The van der Waals surface area contributed by atoms with Gasteiger partial charge in [-0.3, -0.25) is 14.5 Å². The predicted octanol–water partition coefficient (Wildman–Crippen LogP) is 3.35. The van der Waals surface area contributed by atoms with E-state index >= 15 is 0 Å². The van der Waals surface area contributed by atoms with Crippen LogP contribution in [0.25, 0.3) is 0 Å². The minimum absolute atomic E-state index is 0.0182. The second-order valence-corrected chi connectivity index (χ2v) is 10.9. The zero-order valence-electron chi connectivity index (χ0n) is 21.7. The molecule has 0 aliphatic carbocycles. The minimum Gasteiger partial charge on any atom is -0.491 e. The number of aliphatic hydroxyl groups is 1. The van der Waals surface area contributed by atoms with Crippen LogP contribution in [0, 0.1) is 5.41 Å². The van der Waals surface area contributed by atoms with E-state index < -0.39 is 0 Å². The molecular weight excluding hydrogens is 466 g/mol. The Balaban J connectivity index is 1.29. The van der Waals surface area contributed by atoms with Crippen molar-refractivity contribution >= 4 is 11.8 Å². The summed E-state index contributed by atoms with van der Waals surface area (Å²) in [6.45, 7) is 5.05. The zero-order chi connectivity index (χ0) is 25.7. The second-order valence-electron chi connectivity index (χ2n) is 10.9. The fraction of sp³-hybridized carbons (Fsp3) is 0.533. The molecule has 2 aromatic rings. The number of aliphatic hydroxyl groups excluding tert-OH is 1. The van der Waals surface area contributed by atoms with Gasteiger partial charge in [-0.2, -0.15) is 0 Å². The smallest absolute Gasteiger partial charge is 0.257 e. The maximum absolute atomic E-state index is 13.4. The van der Waals surface area contributed by atoms with E-state index in [1.807, 2.05) is 34.1 Å². The van der Waals surface area contributed by atoms with E-state index in [2.05, 4.69) is 29.2 Å². The molecule has 1 fully saturated rings. The third kappa shape index (κ3) is 5.99. The number of para-hydroxylation sites is 1. The standard InChI is InChI=1S/C30H39N3O4/c34-23-30-12-5-6-15-32(28(35)22-31-16-11-24-7-1-2-8-25(24)21-31)19-20-37-27-10-4-3-9-26(27)29(36)33(17-13-30)18-14-30/h1-4,7-10,34H,5-6,11-23H2. The van der Waals surface area contributed by atoms with Gasteiger partial charge in [0.1, 0.15) is 12.4 Å². The first-order valence-electron chi connectivity index (χ1n) is 13.8. The van der Waals surface area contributed by atoms with E-state index in [4.69, 9.17) is 4.74 Å². The monoisotopic (exact) mass is 505 g/mol. The molecule has 1 saturated heterocycles. The number of hydrogen-bond acceptors (Lipinski definition) is 5. The van der Waals surface area contributed by atoms with Crippen LogP contribution < -0.4 is 4.74 Å². The van der Waals surface area contributed by atoms with Crippen LogP contribution in [0.15, 0.2) is 48.5 Å². The molecule has 37 heavy (non-hydrogen) atoms. The molecule has 0 atom stereocenters. The fourth-order valence-electron chi connectivity index (χ4n) is 6.02. The van der Waals surface area contributed by atoms with Crippen molar-refractivity contribution in [2.75, 3.05) is 52.5 Å². The van der Waals surface area contributed by atoms with Crippen LogP contribution in [0.3, 0.4) is 0 Å². The summed E-state index contributed by atoms with van der Waals surface area (Å²) in [5.41, 5.74) is 3.12. The summed E-state index contributed by atoms with van der Waals surface area (Å²) in [6, 6.07) is 15.9. The van der Waals surface area contributed by atoms with E-state index in [1.54, 1.807) is 0 Å². The van der Waals surface area contributed by atoms with E-state index in [1.165, 1.54) is 11.1 Å². The highest BCUT2D eigenvalue weighted by atomic mass is 16.5. The third-order valence-corrected chi connectivity index (χ3v) is 8.49. The van der Waals surface area contributed by atoms with E-state index in [9.17, 15) is 14.7 Å². The van der Waals surface area contributed by atoms with Crippen LogP contribution in [-0.2, 0) is 17.8 Å². The molecule has 6 rings (SSSR count). The molecule has 4 heterocycles. The third-order valence-electron chi connectivity index (χ3n) is 8.49. The Morgan fingerprint density at radius 1 is 0.892 bits per heavy atom. The average molecular weight is 506 g/mol. The van der Waals surface area contributed by atoms with Gasteiger partial charge in [-0.25, -0.2) is 0 Å². The molecule has 2 bridgehead atoms. The van der Waals surface area contributed by atoms with Gasteiger partial charge >= 0.3 is 0 Å². The van der Waals surface area contributed by atoms with Crippen LogP contribution in [0.2, 0.25) is 0 Å². The maximum Gasteiger partial charge on any atom is 0.257 e. The number of benzene rings is 2. The van der Waals surface area contributed by atoms with E-state index in [0.29, 0.717) is 50.6 Å². The first-order valence-corrected chi connectivity index (χ1v) is 13.8. The molecule has 1 N–H and O–H groups in total. The molecular formula is C30H39N3O4. The summed E-state index contributed by atoms with van der Waals surface area (Å²) in [4.78, 5) is 32.8. The van der Waals surface area contributed by atoms with Gasteiger partial charge in [-0.15, -0.1) is 0 Å². The van der Waals surface area contributed by atoms with Crippen molar-refractivity contribution in [3.05, 3.63) is 65.2 Å². The quantitative estimate of drug-likeness (QED) is 0.693. The van der Waals surface area contributed by atoms with Gasteiger partial charge in [0.2, 0.25) is 5.91 Å². The lowest BCUT2D eigenvalue weighted by Crippen LogP contribution is -2.44. The first kappa shape index (κ1) is 25.7. The summed E-state index contributed by atoms with van der Waals surface area (Å²) in [7, 11) is 0. The van der Waals surface area contributed by atoms with Gasteiger partial charge in [-0.1, -0.05) is 42.8 Å². The normalized spacial score (nSPS) is 20.8. The van der Waals surface area contributed by atoms with Crippen molar-refractivity contribution in [3.8, 4) is 5.75 Å². The Morgan fingerprint density at radius 3 is 2.46 bits per heavy atom. The van der Waals surface area contributed by atoms with Crippen molar-refractivity contribution in [2.24, 2.45) is 5.41 Å². The topological polar surface area (TPSA) is 73.3 Å². The Kier molecular flexibility index (Phi) is 8.11. The Morgan fingerprint density at radius 2 is 1.65 bits per heavy atom. The molecule has 4 aliphatic heterocycles. The van der Waals surface area contributed by atoms with Crippen molar-refractivity contribution in [1.82, 2.24) is 14.7 Å². The maximum atomic E-state index is 13.4. The predicted molar refractivity (Wildman–Crippen MR) is 142 cm³/mol. The van der Waals surface area contributed by atoms with Crippen LogP contribution in [0.5, 0.6) is 5.75 Å². The molecule has 0 aromatic heterocycles. The molecule has 0 spiro atoms. The lowest BCUT2D eigenvalue weighted by Gasteiger charge is -2.41. The number of fused-ring (bicyclic) bond motifs is 10. The van der Waals surface area contributed by atoms with Crippen LogP contribution in [0.1, 0.15) is 53.6 Å². The van der Waals surface area contributed by atoms with Crippen molar-refractivity contribution in [2.45, 2.75) is 45.1 Å². The van der Waals surface area contributed by atoms with Crippen molar-refractivity contribution in [1.29, 1.82) is 0 Å². The molecule has 2 amide bonds. The van der Waals surface area contributed by atoms with Gasteiger partial charge in [0, 0.05) is 39.3 Å². The van der Waals surface area contributed by atoms with E-state index in [-0.39, 0.29) is 23.8 Å². The fourth-order valence-corrected chi connectivity index (χ4v) is 6.02. The van der Waals surface area contributed by atoms with Gasteiger partial charge in [-0.05, 0) is 60.8 Å². The first-order chi connectivity index (χ1) is 18.1. The number of hydrogen-bond donors (Lipinski definition) is 1. The lowest BCUT2D eigenvalue weighted by molar-refractivity contribution is -0.133. The Hall–Kier alpha value is -2.90. The summed E-state index contributed by atoms with van der Waals surface area (Å²) in [6.07, 6.45) is 5.35. The number of nitrogens with zero attached hydrogens (tertiary/aromatic N) is 3. The summed E-state index contributed by atoms with van der Waals surface area (Å²) < 4.78 is 6.10. The average Bonchev–Trinajstić information content (AvgIpc) is 2.94. The summed E-state index contributed by atoms with van der Waals surface area (Å²) >= 11 is 0. The number of piperidine rings is 1. The van der Waals surface area contributed by atoms with Crippen LogP contribution in [-0.4, -0.2) is 84.1 Å². The summed E-state index contributed by atoms with van der Waals surface area (Å²) in [5.74, 6) is 0.678. The molecule has 2 aromatic carbocycles. The minimum atomic E-state index is -0.136. The second kappa shape index (κ2) is 11.7. The number of amides is 2. The summed E-state index contributed by atoms with van der Waals surface area (Å²) in [5, 5.41) is 10.2. The highest BCUT2D eigenvalue weighted by Crippen LogP contribution is 2.37. The number of ether oxygens (including phenoxy) is 1.